The Bertz CT molecular complexity index is 563. The molecule has 0 bridgehead atoms. The molecule has 0 saturated heterocycles. The number of carbonyl (C=O) groups excluding carboxylic acids is 1. The molecule has 0 heterocycles. The van der Waals surface area contributed by atoms with Crippen molar-refractivity contribution in [2.24, 2.45) is 5.92 Å². The van der Waals surface area contributed by atoms with E-state index < -0.39 is 11.5 Å². The number of hydrogen-bond donors (Lipinski definition) is 2. The first kappa shape index (κ1) is 13.2. The van der Waals surface area contributed by atoms with Gasteiger partial charge in [-0.3, -0.25) is 4.79 Å². The van der Waals surface area contributed by atoms with E-state index in [0.29, 0.717) is 12.8 Å². The first-order valence-electron chi connectivity index (χ1n) is 7.14. The van der Waals surface area contributed by atoms with Crippen molar-refractivity contribution in [2.75, 3.05) is 0 Å². The number of carboxylic acid groups (broad SMARTS) is 1. The minimum absolute atomic E-state index is 0.0621. The van der Waals surface area contributed by atoms with Gasteiger partial charge in [-0.25, -0.2) is 4.79 Å². The van der Waals surface area contributed by atoms with Crippen LogP contribution in [0.25, 0.3) is 0 Å². The zero-order valence-electron chi connectivity index (χ0n) is 11.6. The Morgan fingerprint density at radius 2 is 2.00 bits per heavy atom. The molecular formula is C16H19NO3. The molecule has 20 heavy (non-hydrogen) atoms. The van der Waals surface area contributed by atoms with E-state index >= 15 is 0 Å². The number of amides is 1. The Morgan fingerprint density at radius 1 is 1.30 bits per heavy atom. The van der Waals surface area contributed by atoms with E-state index in [0.717, 1.165) is 12.8 Å². The smallest absolute Gasteiger partial charge is 0.329 e. The summed E-state index contributed by atoms with van der Waals surface area (Å²) >= 11 is 0. The maximum atomic E-state index is 12.2. The van der Waals surface area contributed by atoms with Crippen LogP contribution in [0.5, 0.6) is 0 Å². The van der Waals surface area contributed by atoms with E-state index in [9.17, 15) is 14.7 Å². The molecule has 4 heteroatoms. The van der Waals surface area contributed by atoms with Crippen LogP contribution in [0.3, 0.4) is 0 Å². The van der Waals surface area contributed by atoms with Crippen molar-refractivity contribution >= 4 is 11.9 Å². The highest BCUT2D eigenvalue weighted by Gasteiger charge is 2.51. The van der Waals surface area contributed by atoms with Crippen molar-refractivity contribution in [1.82, 2.24) is 5.32 Å². The van der Waals surface area contributed by atoms with Crippen LogP contribution in [0.1, 0.15) is 42.7 Å². The SMILES string of the molecule is Cc1ccccc1[C@H]1C[C@H]1C(=O)NC1(C(=O)O)CCC1. The minimum Gasteiger partial charge on any atom is -0.480 e. The molecule has 4 nitrogen and oxygen atoms in total. The predicted octanol–water partition coefficient (Wildman–Crippen LogP) is 2.22. The average molecular weight is 273 g/mol. The fourth-order valence-corrected chi connectivity index (χ4v) is 3.08. The van der Waals surface area contributed by atoms with E-state index in [4.69, 9.17) is 0 Å². The van der Waals surface area contributed by atoms with Crippen molar-refractivity contribution in [1.29, 1.82) is 0 Å². The number of aliphatic carboxylic acids is 1. The zero-order valence-corrected chi connectivity index (χ0v) is 11.6. The fraction of sp³-hybridized carbons (Fsp3) is 0.500. The molecule has 2 N–H and O–H groups in total. The Balaban J connectivity index is 1.66. The molecule has 0 aliphatic heterocycles. The van der Waals surface area contributed by atoms with Gasteiger partial charge in [0.2, 0.25) is 5.91 Å². The van der Waals surface area contributed by atoms with Gasteiger partial charge in [0.1, 0.15) is 5.54 Å². The molecule has 106 valence electrons. The maximum Gasteiger partial charge on any atom is 0.329 e. The summed E-state index contributed by atoms with van der Waals surface area (Å²) in [6.07, 6.45) is 2.80. The van der Waals surface area contributed by atoms with Gasteiger partial charge < -0.3 is 10.4 Å². The van der Waals surface area contributed by atoms with Gasteiger partial charge in [-0.1, -0.05) is 24.3 Å². The molecule has 1 amide bonds. The van der Waals surface area contributed by atoms with Gasteiger partial charge in [0.25, 0.3) is 0 Å². The number of carbonyl (C=O) groups is 2. The first-order valence-corrected chi connectivity index (χ1v) is 7.14. The molecular weight excluding hydrogens is 254 g/mol. The van der Waals surface area contributed by atoms with E-state index in [1.807, 2.05) is 25.1 Å². The quantitative estimate of drug-likeness (QED) is 0.884. The predicted molar refractivity (Wildman–Crippen MR) is 74.4 cm³/mol. The Labute approximate surface area is 118 Å². The summed E-state index contributed by atoms with van der Waals surface area (Å²) < 4.78 is 0. The standard InChI is InChI=1S/C16H19NO3/c1-10-5-2-3-6-11(10)12-9-13(12)14(18)17-16(15(19)20)7-4-8-16/h2-3,5-6,12-13H,4,7-9H2,1H3,(H,17,18)(H,19,20)/t12-,13-/m1/s1. The lowest BCUT2D eigenvalue weighted by atomic mass is 9.76. The summed E-state index contributed by atoms with van der Waals surface area (Å²) in [4.78, 5) is 23.5. The minimum atomic E-state index is -0.990. The summed E-state index contributed by atoms with van der Waals surface area (Å²) in [6, 6.07) is 8.08. The topological polar surface area (TPSA) is 66.4 Å². The Hall–Kier alpha value is -1.84. The summed E-state index contributed by atoms with van der Waals surface area (Å²) in [5.41, 5.74) is 1.42. The molecule has 0 unspecified atom stereocenters. The number of aryl methyl sites for hydroxylation is 1. The summed E-state index contributed by atoms with van der Waals surface area (Å²) in [5.74, 6) is -0.805. The number of rotatable bonds is 4. The van der Waals surface area contributed by atoms with E-state index in [1.165, 1.54) is 11.1 Å². The highest BCUT2D eigenvalue weighted by molar-refractivity contribution is 5.90. The van der Waals surface area contributed by atoms with Gasteiger partial charge in [-0.2, -0.15) is 0 Å². The van der Waals surface area contributed by atoms with Gasteiger partial charge in [0.15, 0.2) is 0 Å². The van der Waals surface area contributed by atoms with Crippen LogP contribution in [0, 0.1) is 12.8 Å². The molecule has 3 rings (SSSR count). The van der Waals surface area contributed by atoms with Crippen molar-refractivity contribution in [3.05, 3.63) is 35.4 Å². The fourth-order valence-electron chi connectivity index (χ4n) is 3.08. The second kappa shape index (κ2) is 4.62. The Morgan fingerprint density at radius 3 is 2.55 bits per heavy atom. The molecule has 2 fully saturated rings. The highest BCUT2D eigenvalue weighted by Crippen LogP contribution is 2.49. The van der Waals surface area contributed by atoms with Gasteiger partial charge in [0.05, 0.1) is 0 Å². The number of hydrogen-bond acceptors (Lipinski definition) is 2. The molecule has 0 radical (unpaired) electrons. The van der Waals surface area contributed by atoms with Crippen LogP contribution in [0.4, 0.5) is 0 Å². The van der Waals surface area contributed by atoms with Crippen LogP contribution in [-0.2, 0) is 9.59 Å². The molecule has 2 aliphatic carbocycles. The van der Waals surface area contributed by atoms with Gasteiger partial charge in [-0.15, -0.1) is 0 Å². The van der Waals surface area contributed by atoms with Gasteiger partial charge in [-0.05, 0) is 49.7 Å². The van der Waals surface area contributed by atoms with Crippen molar-refractivity contribution in [2.45, 2.75) is 44.1 Å². The molecule has 1 aromatic rings. The molecule has 1 aromatic carbocycles. The monoisotopic (exact) mass is 273 g/mol. The zero-order chi connectivity index (χ0) is 14.3. The lowest BCUT2D eigenvalue weighted by Crippen LogP contribution is -2.59. The second-order valence-electron chi connectivity index (χ2n) is 6.04. The van der Waals surface area contributed by atoms with Crippen LogP contribution in [-0.4, -0.2) is 22.5 Å². The number of nitrogens with one attached hydrogen (secondary N) is 1. The van der Waals surface area contributed by atoms with Crippen LogP contribution < -0.4 is 5.32 Å². The van der Waals surface area contributed by atoms with E-state index in [2.05, 4.69) is 11.4 Å². The van der Waals surface area contributed by atoms with Crippen LogP contribution in [0.2, 0.25) is 0 Å². The van der Waals surface area contributed by atoms with Gasteiger partial charge in [0, 0.05) is 5.92 Å². The number of carboxylic acids is 1. The molecule has 0 spiro atoms. The van der Waals surface area contributed by atoms with E-state index in [-0.39, 0.29) is 17.7 Å². The number of benzene rings is 1. The van der Waals surface area contributed by atoms with Crippen molar-refractivity contribution in [3.8, 4) is 0 Å². The molecule has 2 saturated carbocycles. The molecule has 2 atom stereocenters. The summed E-state index contributed by atoms with van der Waals surface area (Å²) in [7, 11) is 0. The molecule has 2 aliphatic rings. The van der Waals surface area contributed by atoms with Crippen molar-refractivity contribution in [3.63, 3.8) is 0 Å². The van der Waals surface area contributed by atoms with Crippen LogP contribution >= 0.6 is 0 Å². The van der Waals surface area contributed by atoms with E-state index in [1.54, 1.807) is 0 Å². The summed E-state index contributed by atoms with van der Waals surface area (Å²) in [5, 5.41) is 12.0. The lowest BCUT2D eigenvalue weighted by molar-refractivity contribution is -0.152. The van der Waals surface area contributed by atoms with Crippen LogP contribution in [0.15, 0.2) is 24.3 Å². The third-order valence-electron chi connectivity index (χ3n) is 4.69. The summed E-state index contributed by atoms with van der Waals surface area (Å²) in [6.45, 7) is 2.05. The first-order chi connectivity index (χ1) is 9.53. The maximum absolute atomic E-state index is 12.2. The van der Waals surface area contributed by atoms with Gasteiger partial charge >= 0.3 is 5.97 Å². The molecule has 0 aromatic heterocycles. The average Bonchev–Trinajstić information content (AvgIpc) is 3.13. The highest BCUT2D eigenvalue weighted by atomic mass is 16.4. The lowest BCUT2D eigenvalue weighted by Gasteiger charge is -2.38. The second-order valence-corrected chi connectivity index (χ2v) is 6.04. The normalized spacial score (nSPS) is 26.4. The third kappa shape index (κ3) is 2.09. The largest absolute Gasteiger partial charge is 0.480 e. The third-order valence-corrected chi connectivity index (χ3v) is 4.69. The Kier molecular flexibility index (Phi) is 3.04. The van der Waals surface area contributed by atoms with Crippen molar-refractivity contribution < 1.29 is 14.7 Å².